The standard InChI is InChI=1S/C13H19N3O2/c1-18-11-9-10(5-8-15-11)16-13(12(14)17)6-3-2-4-7-13/h5,8-9H,2-4,6-7H2,1H3,(H2,14,17)(H,15,16). The summed E-state index contributed by atoms with van der Waals surface area (Å²) < 4.78 is 5.07. The highest BCUT2D eigenvalue weighted by Gasteiger charge is 2.37. The number of hydrogen-bond donors (Lipinski definition) is 2. The van der Waals surface area contributed by atoms with Crippen molar-refractivity contribution in [1.29, 1.82) is 0 Å². The zero-order valence-electron chi connectivity index (χ0n) is 10.6. The number of nitrogens with zero attached hydrogens (tertiary/aromatic N) is 1. The van der Waals surface area contributed by atoms with Crippen LogP contribution in [-0.2, 0) is 4.79 Å². The van der Waals surface area contributed by atoms with Crippen molar-refractivity contribution in [2.75, 3.05) is 12.4 Å². The molecule has 3 N–H and O–H groups in total. The molecule has 5 nitrogen and oxygen atoms in total. The molecule has 1 saturated carbocycles. The molecule has 0 bridgehead atoms. The third kappa shape index (κ3) is 2.55. The van der Waals surface area contributed by atoms with E-state index in [1.165, 1.54) is 0 Å². The van der Waals surface area contributed by atoms with Gasteiger partial charge in [-0.1, -0.05) is 19.3 Å². The van der Waals surface area contributed by atoms with E-state index in [1.807, 2.05) is 6.07 Å². The molecular weight excluding hydrogens is 230 g/mol. The molecule has 0 spiro atoms. The van der Waals surface area contributed by atoms with Gasteiger partial charge in [0.2, 0.25) is 11.8 Å². The lowest BCUT2D eigenvalue weighted by molar-refractivity contribution is -0.123. The highest BCUT2D eigenvalue weighted by Crippen LogP contribution is 2.32. The van der Waals surface area contributed by atoms with Crippen molar-refractivity contribution >= 4 is 11.6 Å². The van der Waals surface area contributed by atoms with Gasteiger partial charge in [-0.05, 0) is 18.9 Å². The summed E-state index contributed by atoms with van der Waals surface area (Å²) in [5.41, 5.74) is 5.77. The molecule has 2 rings (SSSR count). The molecule has 1 fully saturated rings. The zero-order valence-corrected chi connectivity index (χ0v) is 10.6. The number of aromatic nitrogens is 1. The molecule has 98 valence electrons. The van der Waals surface area contributed by atoms with Crippen LogP contribution in [0.1, 0.15) is 32.1 Å². The minimum absolute atomic E-state index is 0.280. The fraction of sp³-hybridized carbons (Fsp3) is 0.538. The van der Waals surface area contributed by atoms with Crippen molar-refractivity contribution in [1.82, 2.24) is 4.98 Å². The second-order valence-electron chi connectivity index (χ2n) is 4.72. The largest absolute Gasteiger partial charge is 0.481 e. The van der Waals surface area contributed by atoms with Gasteiger partial charge in [-0.25, -0.2) is 4.98 Å². The molecule has 1 aromatic rings. The van der Waals surface area contributed by atoms with Crippen molar-refractivity contribution in [2.45, 2.75) is 37.6 Å². The van der Waals surface area contributed by atoms with E-state index in [-0.39, 0.29) is 5.91 Å². The monoisotopic (exact) mass is 249 g/mol. The summed E-state index contributed by atoms with van der Waals surface area (Å²) in [4.78, 5) is 15.8. The molecular formula is C13H19N3O2. The van der Waals surface area contributed by atoms with E-state index in [4.69, 9.17) is 10.5 Å². The van der Waals surface area contributed by atoms with Gasteiger partial charge < -0.3 is 15.8 Å². The first-order valence-electron chi connectivity index (χ1n) is 6.24. The van der Waals surface area contributed by atoms with Crippen LogP contribution < -0.4 is 15.8 Å². The van der Waals surface area contributed by atoms with Crippen molar-refractivity contribution < 1.29 is 9.53 Å². The molecule has 5 heteroatoms. The van der Waals surface area contributed by atoms with E-state index in [0.29, 0.717) is 5.88 Å². The number of carbonyl (C=O) groups excluding carboxylic acids is 1. The number of rotatable bonds is 4. The fourth-order valence-corrected chi connectivity index (χ4v) is 2.46. The first-order valence-corrected chi connectivity index (χ1v) is 6.24. The number of nitrogens with two attached hydrogens (primary N) is 1. The molecule has 1 aromatic heterocycles. The second kappa shape index (κ2) is 5.25. The van der Waals surface area contributed by atoms with Crippen LogP contribution >= 0.6 is 0 Å². The third-order valence-electron chi connectivity index (χ3n) is 3.51. The van der Waals surface area contributed by atoms with E-state index in [0.717, 1.165) is 37.8 Å². The molecule has 0 unspecified atom stereocenters. The Morgan fingerprint density at radius 2 is 2.17 bits per heavy atom. The number of primary amides is 1. The van der Waals surface area contributed by atoms with E-state index in [9.17, 15) is 4.79 Å². The third-order valence-corrected chi connectivity index (χ3v) is 3.51. The number of hydrogen-bond acceptors (Lipinski definition) is 4. The SMILES string of the molecule is COc1cc(NC2(C(N)=O)CCCCC2)ccn1. The van der Waals surface area contributed by atoms with Crippen molar-refractivity contribution in [3.05, 3.63) is 18.3 Å². The maximum absolute atomic E-state index is 11.7. The Hall–Kier alpha value is -1.78. The number of methoxy groups -OCH3 is 1. The average Bonchev–Trinajstić information content (AvgIpc) is 2.40. The maximum atomic E-state index is 11.7. The topological polar surface area (TPSA) is 77.2 Å². The molecule has 1 amide bonds. The number of ether oxygens (including phenoxy) is 1. The fourth-order valence-electron chi connectivity index (χ4n) is 2.46. The van der Waals surface area contributed by atoms with Crippen LogP contribution in [0.2, 0.25) is 0 Å². The predicted octanol–water partition coefficient (Wildman–Crippen LogP) is 1.69. The molecule has 0 saturated heterocycles. The summed E-state index contributed by atoms with van der Waals surface area (Å²) in [5, 5.41) is 3.27. The van der Waals surface area contributed by atoms with Crippen LogP contribution in [0.4, 0.5) is 5.69 Å². The van der Waals surface area contributed by atoms with E-state index >= 15 is 0 Å². The number of carbonyl (C=O) groups is 1. The number of pyridine rings is 1. The predicted molar refractivity (Wildman–Crippen MR) is 69.4 cm³/mol. The number of amides is 1. The Labute approximate surface area is 107 Å². The lowest BCUT2D eigenvalue weighted by Crippen LogP contribution is -2.51. The normalized spacial score (nSPS) is 18.1. The van der Waals surface area contributed by atoms with Crippen LogP contribution in [0.25, 0.3) is 0 Å². The molecule has 1 aliphatic rings. The van der Waals surface area contributed by atoms with Crippen LogP contribution in [0.3, 0.4) is 0 Å². The highest BCUT2D eigenvalue weighted by molar-refractivity contribution is 5.88. The van der Waals surface area contributed by atoms with Crippen LogP contribution in [-0.4, -0.2) is 23.5 Å². The van der Waals surface area contributed by atoms with Gasteiger partial charge in [-0.3, -0.25) is 4.79 Å². The van der Waals surface area contributed by atoms with E-state index in [1.54, 1.807) is 19.4 Å². The Bertz CT molecular complexity index is 428. The average molecular weight is 249 g/mol. The summed E-state index contributed by atoms with van der Waals surface area (Å²) >= 11 is 0. The van der Waals surface area contributed by atoms with Crippen molar-refractivity contribution in [3.63, 3.8) is 0 Å². The van der Waals surface area contributed by atoms with Gasteiger partial charge in [0, 0.05) is 18.0 Å². The molecule has 18 heavy (non-hydrogen) atoms. The first kappa shape index (κ1) is 12.7. The van der Waals surface area contributed by atoms with Gasteiger partial charge in [-0.15, -0.1) is 0 Å². The van der Waals surface area contributed by atoms with Crippen LogP contribution in [0.15, 0.2) is 18.3 Å². The lowest BCUT2D eigenvalue weighted by atomic mass is 9.81. The van der Waals surface area contributed by atoms with E-state index in [2.05, 4.69) is 10.3 Å². The van der Waals surface area contributed by atoms with Gasteiger partial charge in [0.05, 0.1) is 7.11 Å². The highest BCUT2D eigenvalue weighted by atomic mass is 16.5. The van der Waals surface area contributed by atoms with Gasteiger partial charge >= 0.3 is 0 Å². The summed E-state index contributed by atoms with van der Waals surface area (Å²) in [5.74, 6) is 0.244. The molecule has 0 aliphatic heterocycles. The molecule has 0 aromatic carbocycles. The first-order chi connectivity index (χ1) is 8.66. The summed E-state index contributed by atoms with van der Waals surface area (Å²) in [6, 6.07) is 3.60. The Kier molecular flexibility index (Phi) is 3.69. The van der Waals surface area contributed by atoms with Crippen molar-refractivity contribution in [2.24, 2.45) is 5.73 Å². The van der Waals surface area contributed by atoms with Gasteiger partial charge in [0.25, 0.3) is 0 Å². The van der Waals surface area contributed by atoms with Gasteiger partial charge in [0.1, 0.15) is 5.54 Å². The molecule has 0 radical (unpaired) electrons. The van der Waals surface area contributed by atoms with Crippen LogP contribution in [0, 0.1) is 0 Å². The summed E-state index contributed by atoms with van der Waals surface area (Å²) in [6.07, 6.45) is 6.44. The number of anilines is 1. The maximum Gasteiger partial charge on any atom is 0.243 e. The smallest absolute Gasteiger partial charge is 0.243 e. The van der Waals surface area contributed by atoms with Gasteiger partial charge in [0.15, 0.2) is 0 Å². The van der Waals surface area contributed by atoms with E-state index < -0.39 is 5.54 Å². The Balaban J connectivity index is 2.20. The molecule has 1 heterocycles. The summed E-state index contributed by atoms with van der Waals surface area (Å²) in [7, 11) is 1.57. The minimum Gasteiger partial charge on any atom is -0.481 e. The molecule has 1 aliphatic carbocycles. The Morgan fingerprint density at radius 3 is 2.78 bits per heavy atom. The zero-order chi connectivity index (χ0) is 13.0. The van der Waals surface area contributed by atoms with Gasteiger partial charge in [-0.2, -0.15) is 0 Å². The lowest BCUT2D eigenvalue weighted by Gasteiger charge is -2.36. The Morgan fingerprint density at radius 1 is 1.44 bits per heavy atom. The minimum atomic E-state index is -0.620. The number of nitrogens with one attached hydrogen (secondary N) is 1. The quantitative estimate of drug-likeness (QED) is 0.851. The summed E-state index contributed by atoms with van der Waals surface area (Å²) in [6.45, 7) is 0. The second-order valence-corrected chi connectivity index (χ2v) is 4.72. The molecule has 0 atom stereocenters. The van der Waals surface area contributed by atoms with Crippen LogP contribution in [0.5, 0.6) is 5.88 Å². The van der Waals surface area contributed by atoms with Crippen molar-refractivity contribution in [3.8, 4) is 5.88 Å².